The first-order chi connectivity index (χ1) is 18.5. The van der Waals surface area contributed by atoms with Gasteiger partial charge in [0.25, 0.3) is 5.89 Å². The lowest BCUT2D eigenvalue weighted by Crippen LogP contribution is -3.00. The van der Waals surface area contributed by atoms with Crippen LogP contribution in [0.5, 0.6) is 0 Å². The maximum atomic E-state index is 13.6. The summed E-state index contributed by atoms with van der Waals surface area (Å²) in [5.74, 6) is 1.29. The van der Waals surface area contributed by atoms with Gasteiger partial charge in [-0.05, 0) is 30.7 Å². The van der Waals surface area contributed by atoms with Crippen LogP contribution >= 0.6 is 0 Å². The van der Waals surface area contributed by atoms with Crippen molar-refractivity contribution in [3.8, 4) is 11.6 Å². The van der Waals surface area contributed by atoms with Crippen molar-refractivity contribution in [3.63, 3.8) is 0 Å². The van der Waals surface area contributed by atoms with E-state index in [0.717, 1.165) is 59.6 Å². The molecule has 0 saturated carbocycles. The number of halogens is 1. The third-order valence-corrected chi connectivity index (χ3v) is 7.93. The molecule has 0 aliphatic carbocycles. The molecule has 0 amide bonds. The number of piperidine rings is 3. The van der Waals surface area contributed by atoms with E-state index in [1.165, 1.54) is 0 Å². The number of hydrogen-bond acceptors (Lipinski definition) is 7. The quantitative estimate of drug-likeness (QED) is 0.262. The van der Waals surface area contributed by atoms with Crippen LogP contribution in [0.25, 0.3) is 11.6 Å². The number of nitrogens with zero attached hydrogens (tertiary/aromatic N) is 5. The zero-order valence-electron chi connectivity index (χ0n) is 22.2. The van der Waals surface area contributed by atoms with Crippen LogP contribution in [0.3, 0.4) is 0 Å². The molecule has 2 aromatic heterocycles. The summed E-state index contributed by atoms with van der Waals surface area (Å²) in [7, 11) is 1.87. The van der Waals surface area contributed by atoms with Crippen molar-refractivity contribution in [1.82, 2.24) is 19.9 Å². The van der Waals surface area contributed by atoms with E-state index < -0.39 is 6.04 Å². The molecule has 204 valence electrons. The molecular formula is C29H33ClN6O3. The highest BCUT2D eigenvalue weighted by atomic mass is 35.5. The van der Waals surface area contributed by atoms with E-state index in [1.54, 1.807) is 4.68 Å². The molecule has 9 nitrogen and oxygen atoms in total. The van der Waals surface area contributed by atoms with Crippen molar-refractivity contribution in [2.45, 2.75) is 38.5 Å². The zero-order chi connectivity index (χ0) is 26.1. The largest absolute Gasteiger partial charge is 1.00 e. The molecule has 4 aromatic rings. The Hall–Kier alpha value is -3.69. The Labute approximate surface area is 234 Å². The minimum absolute atomic E-state index is 0. The number of esters is 1. The average Bonchev–Trinajstić information content (AvgIpc) is 3.53. The van der Waals surface area contributed by atoms with Crippen molar-refractivity contribution in [1.29, 1.82) is 0 Å². The van der Waals surface area contributed by atoms with Crippen molar-refractivity contribution in [3.05, 3.63) is 83.8 Å². The molecule has 0 radical (unpaired) electrons. The number of anilines is 1. The summed E-state index contributed by atoms with van der Waals surface area (Å²) < 4.78 is 14.4. The van der Waals surface area contributed by atoms with Gasteiger partial charge in [0.15, 0.2) is 12.1 Å². The molecule has 1 N–H and O–H groups in total. The first-order valence-corrected chi connectivity index (χ1v) is 13.2. The number of nitrogens with one attached hydrogen (secondary N) is 1. The molecule has 0 spiro atoms. The molecule has 3 saturated heterocycles. The SMILES string of the molecule is Cc1cc(-c2nc(C[N+]34CCC(CC3)[C@@H](OC(=O)[C@H](Nc3ccccc3)c3ccccc3)C4)no2)n(C)n1.[Cl-]. The summed E-state index contributed by atoms with van der Waals surface area (Å²) in [4.78, 5) is 18.3. The highest BCUT2D eigenvalue weighted by Gasteiger charge is 2.48. The Balaban J connectivity index is 0.00000308. The lowest BCUT2D eigenvalue weighted by molar-refractivity contribution is -0.958. The van der Waals surface area contributed by atoms with Gasteiger partial charge in [-0.25, -0.2) is 4.79 Å². The fourth-order valence-corrected chi connectivity index (χ4v) is 5.95. The summed E-state index contributed by atoms with van der Waals surface area (Å²) >= 11 is 0. The Morgan fingerprint density at radius 2 is 1.82 bits per heavy atom. The van der Waals surface area contributed by atoms with Gasteiger partial charge >= 0.3 is 5.97 Å². The molecule has 2 bridgehead atoms. The van der Waals surface area contributed by atoms with E-state index >= 15 is 0 Å². The van der Waals surface area contributed by atoms with Gasteiger partial charge in [0.1, 0.15) is 18.8 Å². The number of para-hydroxylation sites is 1. The molecule has 2 atom stereocenters. The summed E-state index contributed by atoms with van der Waals surface area (Å²) in [5.41, 5.74) is 3.48. The van der Waals surface area contributed by atoms with E-state index in [2.05, 4.69) is 20.6 Å². The fourth-order valence-electron chi connectivity index (χ4n) is 5.95. The molecule has 0 unspecified atom stereocenters. The highest BCUT2D eigenvalue weighted by Crippen LogP contribution is 2.38. The zero-order valence-corrected chi connectivity index (χ0v) is 22.9. The number of hydrogen-bond donors (Lipinski definition) is 1. The maximum absolute atomic E-state index is 13.6. The van der Waals surface area contributed by atoms with Crippen molar-refractivity contribution in [2.75, 3.05) is 25.0 Å². The first-order valence-electron chi connectivity index (χ1n) is 13.2. The van der Waals surface area contributed by atoms with Crippen LogP contribution in [0, 0.1) is 12.8 Å². The summed E-state index contributed by atoms with van der Waals surface area (Å²) in [6.07, 6.45) is 1.90. The van der Waals surface area contributed by atoms with Gasteiger partial charge < -0.3 is 31.5 Å². The third kappa shape index (κ3) is 5.69. The van der Waals surface area contributed by atoms with Crippen molar-refractivity contribution >= 4 is 11.7 Å². The molecule has 3 aliphatic heterocycles. The second-order valence-electron chi connectivity index (χ2n) is 10.6. The van der Waals surface area contributed by atoms with Crippen LogP contribution in [0.4, 0.5) is 5.69 Å². The van der Waals surface area contributed by atoms with Gasteiger partial charge in [0.2, 0.25) is 5.82 Å². The number of aromatic nitrogens is 4. The van der Waals surface area contributed by atoms with Gasteiger partial charge in [-0.1, -0.05) is 53.7 Å². The van der Waals surface area contributed by atoms with Gasteiger partial charge in [0.05, 0.1) is 18.8 Å². The lowest BCUT2D eigenvalue weighted by atomic mass is 9.83. The highest BCUT2D eigenvalue weighted by molar-refractivity contribution is 5.81. The summed E-state index contributed by atoms with van der Waals surface area (Å²) in [5, 5.41) is 12.1. The molecule has 39 heavy (non-hydrogen) atoms. The van der Waals surface area contributed by atoms with E-state index in [0.29, 0.717) is 24.2 Å². The predicted molar refractivity (Wildman–Crippen MR) is 142 cm³/mol. The van der Waals surface area contributed by atoms with Gasteiger partial charge in [-0.15, -0.1) is 0 Å². The van der Waals surface area contributed by atoms with Crippen LogP contribution in [-0.2, 0) is 23.1 Å². The van der Waals surface area contributed by atoms with Crippen molar-refractivity contribution < 1.29 is 30.9 Å². The van der Waals surface area contributed by atoms with Crippen LogP contribution in [0.1, 0.15) is 36.0 Å². The number of benzene rings is 2. The van der Waals surface area contributed by atoms with Gasteiger partial charge in [0, 0.05) is 31.5 Å². The molecule has 10 heteroatoms. The van der Waals surface area contributed by atoms with E-state index in [4.69, 9.17) is 9.26 Å². The Bertz CT molecular complexity index is 1400. The minimum Gasteiger partial charge on any atom is -1.00 e. The predicted octanol–water partition coefficient (Wildman–Crippen LogP) is 1.29. The number of aryl methyl sites for hydroxylation is 2. The second-order valence-corrected chi connectivity index (χ2v) is 10.6. The standard InChI is InChI=1S/C29H33N6O3.ClH/c1-20-17-24(34(2)32-20)28-31-26(33-38-28)19-35-15-13-21(14-16-35)25(18-35)37-29(36)27(22-9-5-3-6-10-22)30-23-11-7-4-8-12-23;/h3-12,17,21,25,27,30H,13-16,18-19H2,1-2H3;1H/q+1;/p-1/t21?,25-,27+,35?;/m0./s1. The van der Waals surface area contributed by atoms with Crippen LogP contribution in [0.2, 0.25) is 0 Å². The lowest BCUT2D eigenvalue weighted by Gasteiger charge is -2.51. The normalized spacial score (nSPS) is 22.6. The van der Waals surface area contributed by atoms with Crippen LogP contribution < -0.4 is 17.7 Å². The van der Waals surface area contributed by atoms with Crippen molar-refractivity contribution in [2.24, 2.45) is 13.0 Å². The summed E-state index contributed by atoms with van der Waals surface area (Å²) in [6.45, 7) is 5.41. The minimum atomic E-state index is -0.579. The molecule has 7 rings (SSSR count). The Morgan fingerprint density at radius 1 is 1.13 bits per heavy atom. The fraction of sp³-hybridized carbons (Fsp3) is 0.379. The molecule has 2 aromatic carbocycles. The van der Waals surface area contributed by atoms with Crippen LogP contribution in [-0.4, -0.2) is 56.1 Å². The van der Waals surface area contributed by atoms with E-state index in [1.807, 2.05) is 80.7 Å². The van der Waals surface area contributed by atoms with Gasteiger partial charge in [-0.3, -0.25) is 4.68 Å². The van der Waals surface area contributed by atoms with Crippen LogP contribution in [0.15, 0.2) is 71.3 Å². The summed E-state index contributed by atoms with van der Waals surface area (Å²) in [6, 6.07) is 20.9. The average molecular weight is 549 g/mol. The van der Waals surface area contributed by atoms with Gasteiger partial charge in [-0.2, -0.15) is 10.1 Å². The molecule has 3 fully saturated rings. The molecule has 3 aliphatic rings. The number of carbonyl (C=O) groups is 1. The first kappa shape index (κ1) is 26.9. The molecular weight excluding hydrogens is 516 g/mol. The van der Waals surface area contributed by atoms with E-state index in [-0.39, 0.29) is 24.5 Å². The topological polar surface area (TPSA) is 95.1 Å². The monoisotopic (exact) mass is 548 g/mol. The maximum Gasteiger partial charge on any atom is 0.333 e. The number of quaternary nitrogens is 1. The number of fused-ring (bicyclic) bond motifs is 3. The second kappa shape index (κ2) is 11.2. The third-order valence-electron chi connectivity index (χ3n) is 7.93. The number of rotatable bonds is 8. The Kier molecular flexibility index (Phi) is 7.72. The Morgan fingerprint density at radius 3 is 2.49 bits per heavy atom. The smallest absolute Gasteiger partial charge is 0.333 e. The number of carbonyl (C=O) groups excluding carboxylic acids is 1. The molecule has 5 heterocycles. The van der Waals surface area contributed by atoms with E-state index in [9.17, 15) is 4.79 Å². The number of ether oxygens (including phenoxy) is 1.